The predicted molar refractivity (Wildman–Crippen MR) is 77.8 cm³/mol. The van der Waals surface area contributed by atoms with Crippen LogP contribution >= 0.6 is 11.3 Å². The van der Waals surface area contributed by atoms with Crippen molar-refractivity contribution in [1.82, 2.24) is 5.32 Å². The summed E-state index contributed by atoms with van der Waals surface area (Å²) in [7, 11) is 0. The third kappa shape index (κ3) is 1.50. The number of thiophene rings is 1. The van der Waals surface area contributed by atoms with Crippen LogP contribution in [-0.4, -0.2) is 0 Å². The number of benzene rings is 2. The highest BCUT2D eigenvalue weighted by atomic mass is 32.1. The van der Waals surface area contributed by atoms with E-state index in [-0.39, 0.29) is 0 Å². The van der Waals surface area contributed by atoms with Crippen LogP contribution in [0, 0.1) is 0 Å². The van der Waals surface area contributed by atoms with E-state index in [1.54, 1.807) is 0 Å². The summed E-state index contributed by atoms with van der Waals surface area (Å²) in [6.45, 7) is 2.02. The van der Waals surface area contributed by atoms with Gasteiger partial charge in [0.15, 0.2) is 0 Å². The van der Waals surface area contributed by atoms with Crippen LogP contribution in [0.4, 0.5) is 0 Å². The van der Waals surface area contributed by atoms with Crippen LogP contribution < -0.4 is 5.32 Å². The van der Waals surface area contributed by atoms with Gasteiger partial charge in [-0.25, -0.2) is 0 Å². The fraction of sp³-hybridized carbons (Fsp3) is 0.125. The van der Waals surface area contributed by atoms with E-state index < -0.39 is 0 Å². The Labute approximate surface area is 110 Å². The molecule has 3 aromatic rings. The van der Waals surface area contributed by atoms with Gasteiger partial charge in [0, 0.05) is 28.7 Å². The maximum atomic E-state index is 3.40. The molecule has 1 aliphatic heterocycles. The summed E-state index contributed by atoms with van der Waals surface area (Å²) in [5.41, 5.74) is 5.60. The van der Waals surface area contributed by atoms with Gasteiger partial charge in [-0.05, 0) is 34.2 Å². The van der Waals surface area contributed by atoms with Crippen molar-refractivity contribution >= 4 is 21.4 Å². The summed E-state index contributed by atoms with van der Waals surface area (Å²) in [6.07, 6.45) is 0. The monoisotopic (exact) mass is 251 g/mol. The van der Waals surface area contributed by atoms with E-state index in [0.717, 1.165) is 13.1 Å². The van der Waals surface area contributed by atoms with E-state index in [1.807, 2.05) is 11.3 Å². The Balaban J connectivity index is 1.92. The second-order valence-electron chi connectivity index (χ2n) is 4.73. The summed E-state index contributed by atoms with van der Waals surface area (Å²) in [5.74, 6) is 0. The van der Waals surface area contributed by atoms with E-state index in [2.05, 4.69) is 53.2 Å². The standard InChI is InChI=1S/C16H13NS/c1-2-4-16-14(3-1)15(10-18-16)11-5-6-12-8-17-9-13(12)7-11/h1-7,10,17H,8-9H2. The van der Waals surface area contributed by atoms with Crippen molar-refractivity contribution in [2.45, 2.75) is 13.1 Å². The zero-order valence-corrected chi connectivity index (χ0v) is 10.8. The zero-order valence-electron chi connectivity index (χ0n) is 9.94. The lowest BCUT2D eigenvalue weighted by molar-refractivity contribution is 0.765. The lowest BCUT2D eigenvalue weighted by Gasteiger charge is -2.03. The van der Waals surface area contributed by atoms with Crippen LogP contribution in [0.15, 0.2) is 47.8 Å². The Hall–Kier alpha value is -1.64. The molecule has 0 saturated carbocycles. The highest BCUT2D eigenvalue weighted by molar-refractivity contribution is 7.17. The van der Waals surface area contributed by atoms with E-state index in [4.69, 9.17) is 0 Å². The summed E-state index contributed by atoms with van der Waals surface area (Å²) >= 11 is 1.83. The largest absolute Gasteiger partial charge is 0.309 e. The minimum atomic E-state index is 1.01. The molecule has 18 heavy (non-hydrogen) atoms. The fourth-order valence-corrected chi connectivity index (χ4v) is 3.63. The van der Waals surface area contributed by atoms with Crippen molar-refractivity contribution in [2.75, 3.05) is 0 Å². The summed E-state index contributed by atoms with van der Waals surface area (Å²) in [5, 5.41) is 7.04. The highest BCUT2D eigenvalue weighted by Crippen LogP contribution is 2.35. The predicted octanol–water partition coefficient (Wildman–Crippen LogP) is 4.17. The van der Waals surface area contributed by atoms with Crippen molar-refractivity contribution in [1.29, 1.82) is 0 Å². The molecule has 0 spiro atoms. The molecule has 0 aliphatic carbocycles. The number of nitrogens with one attached hydrogen (secondary N) is 1. The van der Waals surface area contributed by atoms with Gasteiger partial charge in [-0.3, -0.25) is 0 Å². The van der Waals surface area contributed by atoms with Crippen molar-refractivity contribution in [2.24, 2.45) is 0 Å². The van der Waals surface area contributed by atoms with Crippen LogP contribution in [0.5, 0.6) is 0 Å². The molecule has 4 rings (SSSR count). The van der Waals surface area contributed by atoms with Crippen molar-refractivity contribution in [3.8, 4) is 11.1 Å². The average molecular weight is 251 g/mol. The van der Waals surface area contributed by atoms with Gasteiger partial charge in [-0.15, -0.1) is 11.3 Å². The molecule has 0 atom stereocenters. The lowest BCUT2D eigenvalue weighted by Crippen LogP contribution is -1.99. The Morgan fingerprint density at radius 2 is 1.83 bits per heavy atom. The molecule has 0 radical (unpaired) electrons. The maximum Gasteiger partial charge on any atom is 0.0349 e. The third-order valence-electron chi connectivity index (χ3n) is 3.63. The molecule has 2 heterocycles. The number of hydrogen-bond acceptors (Lipinski definition) is 2. The highest BCUT2D eigenvalue weighted by Gasteiger charge is 2.12. The van der Waals surface area contributed by atoms with Crippen LogP contribution in [0.1, 0.15) is 11.1 Å². The van der Waals surface area contributed by atoms with Crippen LogP contribution in [0.25, 0.3) is 21.2 Å². The topological polar surface area (TPSA) is 12.0 Å². The molecule has 1 aromatic heterocycles. The van der Waals surface area contributed by atoms with Crippen molar-refractivity contribution in [3.05, 3.63) is 59.0 Å². The molecular formula is C16H13NS. The molecular weight excluding hydrogens is 238 g/mol. The summed E-state index contributed by atoms with van der Waals surface area (Å²) < 4.78 is 1.37. The van der Waals surface area contributed by atoms with Gasteiger partial charge >= 0.3 is 0 Å². The first-order valence-corrected chi connectivity index (χ1v) is 7.09. The number of rotatable bonds is 1. The molecule has 0 amide bonds. The van der Waals surface area contributed by atoms with Gasteiger partial charge in [0.25, 0.3) is 0 Å². The van der Waals surface area contributed by atoms with Crippen LogP contribution in [-0.2, 0) is 13.1 Å². The fourth-order valence-electron chi connectivity index (χ4n) is 2.66. The Kier molecular flexibility index (Phi) is 2.25. The Morgan fingerprint density at radius 1 is 0.944 bits per heavy atom. The lowest BCUT2D eigenvalue weighted by atomic mass is 10.0. The smallest absolute Gasteiger partial charge is 0.0349 e. The maximum absolute atomic E-state index is 3.40. The first-order chi connectivity index (χ1) is 8.92. The third-order valence-corrected chi connectivity index (χ3v) is 4.59. The van der Waals surface area contributed by atoms with E-state index >= 15 is 0 Å². The van der Waals surface area contributed by atoms with Crippen molar-refractivity contribution in [3.63, 3.8) is 0 Å². The minimum absolute atomic E-state index is 1.01. The Bertz CT molecular complexity index is 727. The zero-order chi connectivity index (χ0) is 11.9. The first-order valence-electron chi connectivity index (χ1n) is 6.21. The summed E-state index contributed by atoms with van der Waals surface area (Å²) in [6, 6.07) is 15.5. The number of hydrogen-bond donors (Lipinski definition) is 1. The molecule has 2 aromatic carbocycles. The van der Waals surface area contributed by atoms with Gasteiger partial charge in [-0.2, -0.15) is 0 Å². The first kappa shape index (κ1) is 10.3. The summed E-state index contributed by atoms with van der Waals surface area (Å²) in [4.78, 5) is 0. The molecule has 0 unspecified atom stereocenters. The second-order valence-corrected chi connectivity index (χ2v) is 5.64. The van der Waals surface area contributed by atoms with Gasteiger partial charge in [-0.1, -0.05) is 30.3 Å². The van der Waals surface area contributed by atoms with E-state index in [1.165, 1.54) is 32.3 Å². The molecule has 0 bridgehead atoms. The molecule has 0 saturated heterocycles. The molecule has 0 fully saturated rings. The molecule has 88 valence electrons. The SMILES string of the molecule is c1ccc2c(-c3ccc4c(c3)CNC4)csc2c1. The van der Waals surface area contributed by atoms with Gasteiger partial charge in [0.2, 0.25) is 0 Å². The van der Waals surface area contributed by atoms with E-state index in [9.17, 15) is 0 Å². The molecule has 1 aliphatic rings. The quantitative estimate of drug-likeness (QED) is 0.684. The minimum Gasteiger partial charge on any atom is -0.309 e. The number of fused-ring (bicyclic) bond motifs is 2. The Morgan fingerprint density at radius 3 is 2.83 bits per heavy atom. The van der Waals surface area contributed by atoms with Crippen molar-refractivity contribution < 1.29 is 0 Å². The normalized spacial score (nSPS) is 14.0. The van der Waals surface area contributed by atoms with Gasteiger partial charge in [0.05, 0.1) is 0 Å². The van der Waals surface area contributed by atoms with Crippen LogP contribution in [0.2, 0.25) is 0 Å². The second kappa shape index (κ2) is 3.94. The molecule has 2 heteroatoms. The average Bonchev–Trinajstić information content (AvgIpc) is 3.04. The van der Waals surface area contributed by atoms with E-state index in [0.29, 0.717) is 0 Å². The molecule has 1 nitrogen and oxygen atoms in total. The molecule has 1 N–H and O–H groups in total. The van der Waals surface area contributed by atoms with Crippen LogP contribution in [0.3, 0.4) is 0 Å². The van der Waals surface area contributed by atoms with Gasteiger partial charge in [0.1, 0.15) is 0 Å². The van der Waals surface area contributed by atoms with Gasteiger partial charge < -0.3 is 5.32 Å².